The first-order valence-electron chi connectivity index (χ1n) is 2.02. The molecule has 46 valence electrons. The standard InChI is InChI=1S/C5H8O2.Mo/c1-4(6)3-5(2)7;/h3,6H,1-2H3;/p+1/b4-3-;. The average Bonchev–Trinajstić information content (AvgIpc) is 1.27. The summed E-state index contributed by atoms with van der Waals surface area (Å²) in [5, 5.41) is 8.40. The van der Waals surface area contributed by atoms with Crippen LogP contribution in [0, 0.1) is 0 Å². The molecule has 0 saturated heterocycles. The van der Waals surface area contributed by atoms with Gasteiger partial charge in [0.1, 0.15) is 0 Å². The Labute approximate surface area is 62.9 Å². The van der Waals surface area contributed by atoms with Crippen molar-refractivity contribution in [2.75, 3.05) is 0 Å². The second-order valence-electron chi connectivity index (χ2n) is 1.43. The van der Waals surface area contributed by atoms with E-state index in [1.54, 1.807) is 0 Å². The number of hydrogen-bond acceptors (Lipinski definition) is 1. The summed E-state index contributed by atoms with van der Waals surface area (Å²) in [6, 6.07) is 0. The topological polar surface area (TPSA) is 41.6 Å². The molecule has 0 rings (SSSR count). The SMILES string of the molecule is CC(=[OH+])/C=C(/C)O.[Mo]. The first-order valence-corrected chi connectivity index (χ1v) is 2.02. The zero-order valence-corrected chi connectivity index (χ0v) is 6.89. The van der Waals surface area contributed by atoms with Crippen molar-refractivity contribution in [3.05, 3.63) is 11.8 Å². The summed E-state index contributed by atoms with van der Waals surface area (Å²) in [5.74, 6) is 0.250. The molecule has 0 atom stereocenters. The molecule has 0 unspecified atom stereocenters. The van der Waals surface area contributed by atoms with Crippen molar-refractivity contribution < 1.29 is 31.0 Å². The van der Waals surface area contributed by atoms with Crippen LogP contribution in [0.3, 0.4) is 0 Å². The van der Waals surface area contributed by atoms with Gasteiger partial charge < -0.3 is 5.11 Å². The molecule has 0 aliphatic carbocycles. The fourth-order valence-electron chi connectivity index (χ4n) is 0.302. The monoisotopic (exact) mass is 199 g/mol. The van der Waals surface area contributed by atoms with Gasteiger partial charge in [-0.25, -0.2) is 0 Å². The first-order chi connectivity index (χ1) is 3.13. The molecule has 0 aliphatic heterocycles. The van der Waals surface area contributed by atoms with Crippen molar-refractivity contribution in [2.24, 2.45) is 0 Å². The zero-order chi connectivity index (χ0) is 5.86. The Bertz CT molecular complexity index is 103. The summed E-state index contributed by atoms with van der Waals surface area (Å²) in [7, 11) is 0. The van der Waals surface area contributed by atoms with Gasteiger partial charge >= 0.3 is 5.78 Å². The largest absolute Gasteiger partial charge is 0.512 e. The van der Waals surface area contributed by atoms with Crippen LogP contribution < -0.4 is 0 Å². The fourth-order valence-corrected chi connectivity index (χ4v) is 0.302. The minimum atomic E-state index is 0. The molecule has 0 radical (unpaired) electrons. The number of hydrogen-bond donors (Lipinski definition) is 1. The fraction of sp³-hybridized carbons (Fsp3) is 0.400. The Hall–Kier alpha value is -0.102. The number of rotatable bonds is 1. The molecule has 8 heavy (non-hydrogen) atoms. The van der Waals surface area contributed by atoms with Gasteiger partial charge in [-0.3, -0.25) is 4.79 Å². The normalized spacial score (nSPS) is 10.0. The molecule has 0 aromatic carbocycles. The number of allylic oxidation sites excluding steroid dienone is 2. The van der Waals surface area contributed by atoms with Gasteiger partial charge in [0.15, 0.2) is 0 Å². The predicted molar refractivity (Wildman–Crippen MR) is 29.0 cm³/mol. The summed E-state index contributed by atoms with van der Waals surface area (Å²) in [6.45, 7) is 3.00. The molecule has 2 nitrogen and oxygen atoms in total. The molecule has 0 heterocycles. The molecule has 0 fully saturated rings. The van der Waals surface area contributed by atoms with Gasteiger partial charge in [-0.05, 0) is 6.92 Å². The number of aliphatic hydroxyl groups is 1. The smallest absolute Gasteiger partial charge is 0.316 e. The van der Waals surface area contributed by atoms with E-state index in [0.29, 0.717) is 0 Å². The van der Waals surface area contributed by atoms with Crippen molar-refractivity contribution in [3.63, 3.8) is 0 Å². The molecule has 0 bridgehead atoms. The van der Waals surface area contributed by atoms with Gasteiger partial charge in [-0.15, -0.1) is 0 Å². The van der Waals surface area contributed by atoms with Crippen LogP contribution in [0.2, 0.25) is 0 Å². The van der Waals surface area contributed by atoms with Crippen molar-refractivity contribution in [1.82, 2.24) is 0 Å². The van der Waals surface area contributed by atoms with Crippen LogP contribution in [-0.4, -0.2) is 15.7 Å². The molecular weight excluding hydrogens is 188 g/mol. The van der Waals surface area contributed by atoms with E-state index in [4.69, 9.17) is 9.90 Å². The summed E-state index contributed by atoms with van der Waals surface area (Å²) < 4.78 is 0. The van der Waals surface area contributed by atoms with Crippen LogP contribution in [0.4, 0.5) is 0 Å². The second kappa shape index (κ2) is 5.04. The predicted octanol–water partition coefficient (Wildman–Crippen LogP) is 1.01. The maximum atomic E-state index is 8.40. The van der Waals surface area contributed by atoms with E-state index in [1.807, 2.05) is 0 Å². The molecule has 2 N–H and O–H groups in total. The Morgan fingerprint density at radius 1 is 1.50 bits per heavy atom. The summed E-state index contributed by atoms with van der Waals surface area (Å²) in [6.07, 6.45) is 1.28. The second-order valence-corrected chi connectivity index (χ2v) is 1.43. The molecule has 0 aliphatic rings. The van der Waals surface area contributed by atoms with Crippen LogP contribution in [0.5, 0.6) is 0 Å². The van der Waals surface area contributed by atoms with Crippen LogP contribution >= 0.6 is 0 Å². The van der Waals surface area contributed by atoms with E-state index in [2.05, 4.69) is 0 Å². The van der Waals surface area contributed by atoms with Gasteiger partial charge in [0.25, 0.3) is 0 Å². The first kappa shape index (κ1) is 10.8. The van der Waals surface area contributed by atoms with Crippen LogP contribution in [-0.2, 0) is 21.1 Å². The maximum Gasteiger partial charge on any atom is 0.316 e. The molecule has 3 heteroatoms. The molecular formula is C5H9MoO2+. The molecule has 0 spiro atoms. The summed E-state index contributed by atoms with van der Waals surface area (Å²) in [5.41, 5.74) is 0. The number of aliphatic hydroxyl groups excluding tert-OH is 1. The van der Waals surface area contributed by atoms with Crippen molar-refractivity contribution in [3.8, 4) is 0 Å². The molecule has 0 aromatic heterocycles. The van der Waals surface area contributed by atoms with E-state index in [-0.39, 0.29) is 32.6 Å². The molecule has 0 saturated carbocycles. The summed E-state index contributed by atoms with van der Waals surface area (Å²) >= 11 is 0. The zero-order valence-electron chi connectivity index (χ0n) is 4.88. The third-order valence-corrected chi connectivity index (χ3v) is 0.418. The number of ketones is 1. The van der Waals surface area contributed by atoms with E-state index in [9.17, 15) is 0 Å². The van der Waals surface area contributed by atoms with Gasteiger partial charge in [0, 0.05) is 21.1 Å². The molecule has 0 aromatic rings. The maximum absolute atomic E-state index is 8.40. The van der Waals surface area contributed by atoms with E-state index in [0.717, 1.165) is 0 Å². The Morgan fingerprint density at radius 3 is 1.88 bits per heavy atom. The average molecular weight is 197 g/mol. The van der Waals surface area contributed by atoms with Crippen molar-refractivity contribution >= 4 is 5.78 Å². The Balaban J connectivity index is 0. The van der Waals surface area contributed by atoms with Crippen molar-refractivity contribution in [2.45, 2.75) is 13.8 Å². The Kier molecular flexibility index (Phi) is 6.81. The third kappa shape index (κ3) is 9.31. The third-order valence-electron chi connectivity index (χ3n) is 0.418. The Morgan fingerprint density at radius 2 is 1.88 bits per heavy atom. The summed E-state index contributed by atoms with van der Waals surface area (Å²) in [4.78, 5) is 8.40. The van der Waals surface area contributed by atoms with Crippen molar-refractivity contribution in [1.29, 1.82) is 0 Å². The van der Waals surface area contributed by atoms with E-state index < -0.39 is 0 Å². The minimum Gasteiger partial charge on any atom is -0.512 e. The molecule has 0 amide bonds. The van der Waals surface area contributed by atoms with Gasteiger partial charge in [-0.2, -0.15) is 0 Å². The van der Waals surface area contributed by atoms with Gasteiger partial charge in [-0.1, -0.05) is 0 Å². The van der Waals surface area contributed by atoms with Gasteiger partial charge in [0.2, 0.25) is 0 Å². The van der Waals surface area contributed by atoms with Crippen LogP contribution in [0.25, 0.3) is 0 Å². The van der Waals surface area contributed by atoms with Gasteiger partial charge in [0.05, 0.1) is 18.8 Å². The van der Waals surface area contributed by atoms with E-state index >= 15 is 0 Å². The minimum absolute atomic E-state index is 0. The van der Waals surface area contributed by atoms with Crippen LogP contribution in [0.1, 0.15) is 13.8 Å². The quantitative estimate of drug-likeness (QED) is 0.290. The van der Waals surface area contributed by atoms with Crippen LogP contribution in [0.15, 0.2) is 11.8 Å². The van der Waals surface area contributed by atoms with E-state index in [1.165, 1.54) is 19.9 Å². The number of carbonyl (C=O) groups excluding carboxylic acids is 1.